The molecule has 0 saturated carbocycles. The monoisotopic (exact) mass is 329 g/mol. The smallest absolute Gasteiger partial charge is 0.244 e. The molecule has 0 aliphatic heterocycles. The maximum atomic E-state index is 12.4. The zero-order valence-electron chi connectivity index (χ0n) is 11.9. The molecule has 0 fully saturated rings. The lowest BCUT2D eigenvalue weighted by atomic mass is 10.2. The molecule has 6 nitrogen and oxygen atoms in total. The summed E-state index contributed by atoms with van der Waals surface area (Å²) >= 11 is 5.89. The average molecular weight is 330 g/mol. The Morgan fingerprint density at radius 2 is 2.10 bits per heavy atom. The van der Waals surface area contributed by atoms with Crippen LogP contribution in [0.4, 0.5) is 0 Å². The fourth-order valence-corrected chi connectivity index (χ4v) is 3.22. The normalized spacial score (nSPS) is 11.5. The first-order valence-electron chi connectivity index (χ1n) is 6.14. The van der Waals surface area contributed by atoms with Crippen molar-refractivity contribution in [3.8, 4) is 6.07 Å². The van der Waals surface area contributed by atoms with Gasteiger partial charge in [0.25, 0.3) is 0 Å². The molecule has 21 heavy (non-hydrogen) atoms. The number of sulfonamides is 1. The van der Waals surface area contributed by atoms with Gasteiger partial charge in [-0.2, -0.15) is 9.57 Å². The molecule has 1 N–H and O–H groups in total. The van der Waals surface area contributed by atoms with Gasteiger partial charge in [-0.3, -0.25) is 4.79 Å². The maximum Gasteiger partial charge on any atom is 0.244 e. The van der Waals surface area contributed by atoms with E-state index in [1.54, 1.807) is 13.8 Å². The quantitative estimate of drug-likeness (QED) is 0.883. The number of benzene rings is 1. The molecule has 0 aliphatic carbocycles. The van der Waals surface area contributed by atoms with Crippen molar-refractivity contribution >= 4 is 27.5 Å². The van der Waals surface area contributed by atoms with Gasteiger partial charge in [-0.05, 0) is 32.0 Å². The minimum atomic E-state index is -3.94. The summed E-state index contributed by atoms with van der Waals surface area (Å²) in [4.78, 5) is 11.5. The molecular weight excluding hydrogens is 314 g/mol. The lowest BCUT2D eigenvalue weighted by molar-refractivity contribution is -0.121. The molecule has 1 rings (SSSR count). The second-order valence-corrected chi connectivity index (χ2v) is 7.16. The number of nitriles is 1. The number of carbonyl (C=O) groups is 1. The van der Waals surface area contributed by atoms with Crippen molar-refractivity contribution in [2.45, 2.75) is 24.8 Å². The minimum Gasteiger partial charge on any atom is -0.353 e. The zero-order valence-corrected chi connectivity index (χ0v) is 13.5. The third kappa shape index (κ3) is 4.43. The average Bonchev–Trinajstić information content (AvgIpc) is 2.37. The van der Waals surface area contributed by atoms with Crippen LogP contribution in [-0.2, 0) is 14.8 Å². The van der Waals surface area contributed by atoms with E-state index < -0.39 is 15.9 Å². The Kier molecular flexibility index (Phi) is 5.72. The number of hydrogen-bond acceptors (Lipinski definition) is 4. The second kappa shape index (κ2) is 6.89. The van der Waals surface area contributed by atoms with Crippen molar-refractivity contribution in [2.75, 3.05) is 13.6 Å². The number of nitrogens with zero attached hydrogens (tertiary/aromatic N) is 2. The van der Waals surface area contributed by atoms with Crippen molar-refractivity contribution in [2.24, 2.45) is 0 Å². The molecule has 0 aromatic heterocycles. The summed E-state index contributed by atoms with van der Waals surface area (Å²) in [5.74, 6) is -0.413. The van der Waals surface area contributed by atoms with Crippen LogP contribution in [0.3, 0.4) is 0 Å². The highest BCUT2D eigenvalue weighted by Crippen LogP contribution is 2.24. The largest absolute Gasteiger partial charge is 0.353 e. The lowest BCUT2D eigenvalue weighted by Crippen LogP contribution is -2.40. The van der Waals surface area contributed by atoms with Crippen LogP contribution >= 0.6 is 11.6 Å². The molecule has 1 aromatic rings. The number of nitrogens with one attached hydrogen (secondary N) is 1. The standard InChI is InChI=1S/C13H16ClN3O3S/c1-9(2)16-13(18)8-17(3)21(19,20)12-6-10(7-15)4-5-11(12)14/h4-6,9H,8H2,1-3H3,(H,16,18). The molecule has 0 radical (unpaired) electrons. The number of halogens is 1. The van der Waals surface area contributed by atoms with Crippen LogP contribution < -0.4 is 5.32 Å². The summed E-state index contributed by atoms with van der Waals surface area (Å²) in [6, 6.07) is 5.72. The van der Waals surface area contributed by atoms with Crippen LogP contribution in [0.1, 0.15) is 19.4 Å². The summed E-state index contributed by atoms with van der Waals surface area (Å²) in [5, 5.41) is 11.4. The van der Waals surface area contributed by atoms with Gasteiger partial charge in [0.05, 0.1) is 23.2 Å². The van der Waals surface area contributed by atoms with E-state index in [4.69, 9.17) is 16.9 Å². The van der Waals surface area contributed by atoms with Crippen molar-refractivity contribution in [3.05, 3.63) is 28.8 Å². The van der Waals surface area contributed by atoms with Gasteiger partial charge in [0.15, 0.2) is 0 Å². The highest BCUT2D eigenvalue weighted by Gasteiger charge is 2.25. The van der Waals surface area contributed by atoms with Gasteiger partial charge in [0, 0.05) is 13.1 Å². The van der Waals surface area contributed by atoms with Gasteiger partial charge >= 0.3 is 0 Å². The summed E-state index contributed by atoms with van der Waals surface area (Å²) in [6.45, 7) is 3.23. The van der Waals surface area contributed by atoms with Crippen LogP contribution in [0.25, 0.3) is 0 Å². The molecule has 0 bridgehead atoms. The summed E-state index contributed by atoms with van der Waals surface area (Å²) < 4.78 is 25.7. The number of amides is 1. The van der Waals surface area contributed by atoms with Crippen LogP contribution in [0.5, 0.6) is 0 Å². The van der Waals surface area contributed by atoms with E-state index in [0.29, 0.717) is 0 Å². The lowest BCUT2D eigenvalue weighted by Gasteiger charge is -2.18. The Bertz CT molecular complexity index is 680. The Labute approximate surface area is 129 Å². The predicted molar refractivity (Wildman–Crippen MR) is 79.3 cm³/mol. The van der Waals surface area contributed by atoms with Gasteiger partial charge in [0.1, 0.15) is 4.90 Å². The topological polar surface area (TPSA) is 90.3 Å². The Morgan fingerprint density at radius 3 is 2.62 bits per heavy atom. The van der Waals surface area contributed by atoms with Crippen molar-refractivity contribution < 1.29 is 13.2 Å². The third-order valence-electron chi connectivity index (χ3n) is 2.56. The third-order valence-corrected chi connectivity index (χ3v) is 4.85. The number of carbonyl (C=O) groups excluding carboxylic acids is 1. The molecule has 114 valence electrons. The van der Waals surface area contributed by atoms with Gasteiger partial charge in [-0.25, -0.2) is 8.42 Å². The molecule has 0 spiro atoms. The van der Waals surface area contributed by atoms with E-state index in [1.165, 1.54) is 25.2 Å². The summed E-state index contributed by atoms with van der Waals surface area (Å²) in [6.07, 6.45) is 0. The summed E-state index contributed by atoms with van der Waals surface area (Å²) in [7, 11) is -2.66. The van der Waals surface area contributed by atoms with E-state index in [9.17, 15) is 13.2 Å². The molecule has 1 aromatic carbocycles. The van der Waals surface area contributed by atoms with Gasteiger partial charge in [-0.15, -0.1) is 0 Å². The van der Waals surface area contributed by atoms with E-state index in [-0.39, 0.29) is 28.1 Å². The summed E-state index contributed by atoms with van der Waals surface area (Å²) in [5.41, 5.74) is 0.179. The molecule has 0 heterocycles. The Hall–Kier alpha value is -1.62. The van der Waals surface area contributed by atoms with E-state index >= 15 is 0 Å². The Morgan fingerprint density at radius 1 is 1.48 bits per heavy atom. The molecule has 1 amide bonds. The van der Waals surface area contributed by atoms with Gasteiger partial charge < -0.3 is 5.32 Å². The van der Waals surface area contributed by atoms with E-state index in [1.807, 2.05) is 6.07 Å². The second-order valence-electron chi connectivity index (χ2n) is 4.74. The zero-order chi connectivity index (χ0) is 16.2. The van der Waals surface area contributed by atoms with Crippen LogP contribution in [0.2, 0.25) is 5.02 Å². The fraction of sp³-hybridized carbons (Fsp3) is 0.385. The first-order valence-corrected chi connectivity index (χ1v) is 7.95. The number of rotatable bonds is 5. The molecule has 0 unspecified atom stereocenters. The highest BCUT2D eigenvalue weighted by atomic mass is 35.5. The molecule has 0 atom stereocenters. The minimum absolute atomic E-state index is 0.00474. The van der Waals surface area contributed by atoms with E-state index in [2.05, 4.69) is 5.32 Å². The van der Waals surface area contributed by atoms with Crippen molar-refractivity contribution in [1.82, 2.24) is 9.62 Å². The van der Waals surface area contributed by atoms with Gasteiger partial charge in [-0.1, -0.05) is 11.6 Å². The molecule has 0 saturated heterocycles. The SMILES string of the molecule is CC(C)NC(=O)CN(C)S(=O)(=O)c1cc(C#N)ccc1Cl. The number of hydrogen-bond donors (Lipinski definition) is 1. The molecule has 0 aliphatic rings. The van der Waals surface area contributed by atoms with Crippen molar-refractivity contribution in [1.29, 1.82) is 5.26 Å². The predicted octanol–water partition coefficient (Wildman–Crippen LogP) is 1.36. The van der Waals surface area contributed by atoms with Gasteiger partial charge in [0.2, 0.25) is 15.9 Å². The van der Waals surface area contributed by atoms with Crippen LogP contribution in [0.15, 0.2) is 23.1 Å². The molecular formula is C13H16ClN3O3S. The highest BCUT2D eigenvalue weighted by molar-refractivity contribution is 7.89. The Balaban J connectivity index is 3.06. The first-order chi connectivity index (χ1) is 9.68. The number of likely N-dealkylation sites (N-methyl/N-ethyl adjacent to an activating group) is 1. The maximum absolute atomic E-state index is 12.4. The fourth-order valence-electron chi connectivity index (χ4n) is 1.59. The van der Waals surface area contributed by atoms with Crippen LogP contribution in [-0.4, -0.2) is 38.3 Å². The van der Waals surface area contributed by atoms with Crippen molar-refractivity contribution in [3.63, 3.8) is 0 Å². The molecule has 8 heteroatoms. The van der Waals surface area contributed by atoms with Crippen LogP contribution in [0, 0.1) is 11.3 Å². The van der Waals surface area contributed by atoms with E-state index in [0.717, 1.165) is 4.31 Å². The first kappa shape index (κ1) is 17.4.